The molecule has 5 aromatic carbocycles. The fourth-order valence-corrected chi connectivity index (χ4v) is 13.0. The van der Waals surface area contributed by atoms with Gasteiger partial charge in [0.15, 0.2) is 0 Å². The van der Waals surface area contributed by atoms with Crippen LogP contribution in [0, 0.1) is 5.92 Å². The monoisotopic (exact) mass is 1590 g/mol. The van der Waals surface area contributed by atoms with Gasteiger partial charge in [0.25, 0.3) is 0 Å². The largest absolute Gasteiger partial charge is 0.394 e. The summed E-state index contributed by atoms with van der Waals surface area (Å²) in [4.78, 5) is 189. The summed E-state index contributed by atoms with van der Waals surface area (Å²) < 4.78 is 0. The second-order valence-electron chi connectivity index (χ2n) is 29.0. The highest BCUT2D eigenvalue weighted by Crippen LogP contribution is 2.23. The molecule has 0 bridgehead atoms. The second kappa shape index (κ2) is 45.2. The number of amides is 15. The van der Waals surface area contributed by atoms with Crippen LogP contribution in [-0.2, 0) is 84.8 Å². The number of halogens is 1. The highest BCUT2D eigenvalue weighted by Gasteiger charge is 2.41. The average molecular weight is 1590 g/mol. The van der Waals surface area contributed by atoms with Gasteiger partial charge in [0.05, 0.1) is 6.61 Å². The number of likely N-dealkylation sites (tertiary alicyclic amines) is 1. The van der Waals surface area contributed by atoms with Crippen molar-refractivity contribution in [2.75, 3.05) is 43.4 Å². The molecule has 32 heteroatoms. The first-order chi connectivity index (χ1) is 54.5. The van der Waals surface area contributed by atoms with Crippen LogP contribution in [0.1, 0.15) is 122 Å². The zero-order valence-corrected chi connectivity index (χ0v) is 66.4. The molecule has 0 aliphatic carbocycles. The standard InChI is InChI=1S/C82H108ClN17O14/c1-9-86-81(113)91-60-32-25-53(26-33-60)42-66(74(106)94-63(39-48(3)4)72(104)93-62(20-13-14-37-88-49(5)6)80(112)100-38-16-21-70(100)79(111)89-50(7)71(84)103)96-76(108)67(43-54-27-34-61(35-28-54)92-82(114)87-10-2)98-78(110)69(47-101)99-77(109)68(45-56-17-15-36-85-46-56)97-75(107)65(41-52-23-30-59(83)31-24-52)95-73(105)64(90-51(8)102)44-55-22-29-57-18-11-12-19-58(57)40-55/h11-12,15,17-19,22-36,40,46,48-50,62-70,88,101H,9-10,13-14,16,20-21,37-39,41-45,47H2,1-8H3,(H2,84,103)(H,89,111)(H,90,102)(H,93,104)(H,94,106)(H,95,105)(H,96,108)(H,97,107)(H,98,110)(H,99,109)(H2,86,91,113)(H2,87,92,114)/t50-,62+,63+,64-,65-,66-,67+,68-,69+,70+/m1/s1. The Morgan fingerprint density at radius 2 is 0.956 bits per heavy atom. The van der Waals surface area contributed by atoms with Gasteiger partial charge in [-0.3, -0.25) is 57.7 Å². The van der Waals surface area contributed by atoms with E-state index in [1.165, 1.54) is 31.1 Å². The summed E-state index contributed by atoms with van der Waals surface area (Å²) in [6.07, 6.45) is 3.85. The number of carbonyl (C=O) groups is 13. The molecule has 0 spiro atoms. The summed E-state index contributed by atoms with van der Waals surface area (Å²) in [5.74, 6) is -9.12. The number of aromatic nitrogens is 1. The summed E-state index contributed by atoms with van der Waals surface area (Å²) >= 11 is 6.27. The summed E-state index contributed by atoms with van der Waals surface area (Å²) in [6.45, 7) is 14.1. The predicted molar refractivity (Wildman–Crippen MR) is 433 cm³/mol. The number of pyridine rings is 1. The van der Waals surface area contributed by atoms with Crippen molar-refractivity contribution in [2.45, 2.75) is 192 Å². The number of primary amides is 1. The van der Waals surface area contributed by atoms with E-state index in [1.54, 1.807) is 98.8 Å². The molecule has 10 atom stereocenters. The van der Waals surface area contributed by atoms with E-state index in [9.17, 15) is 57.8 Å². The SMILES string of the molecule is CCNC(=O)Nc1ccc(C[C@H](NC(=O)[C@H](CO)NC(=O)[C@@H](Cc2cccnc2)NC(=O)[C@@H](Cc2ccc(Cl)cc2)NC(=O)[C@@H](Cc2ccc3ccccc3c2)NC(C)=O)C(=O)N[C@H](Cc2ccc(NC(=O)NCC)cc2)C(=O)N[C@@H](CC(C)C)C(=O)N[C@@H](CCCCNC(C)C)C(=O)N2CCC[C@H]2C(=O)N[C@H](C)C(N)=O)cc1. The molecule has 0 radical (unpaired) electrons. The Bertz CT molecular complexity index is 4270. The fraction of sp³-hybridized carbons (Fsp3) is 0.439. The van der Waals surface area contributed by atoms with Gasteiger partial charge in [0, 0.05) is 93.5 Å². The molecule has 1 fully saturated rings. The molecule has 0 saturated carbocycles. The van der Waals surface area contributed by atoms with Gasteiger partial charge in [-0.05, 0) is 153 Å². The van der Waals surface area contributed by atoms with Crippen LogP contribution >= 0.6 is 11.6 Å². The third kappa shape index (κ3) is 29.2. The van der Waals surface area contributed by atoms with Crippen molar-refractivity contribution in [3.05, 3.63) is 173 Å². The molecule has 612 valence electrons. The van der Waals surface area contributed by atoms with Crippen molar-refractivity contribution >= 4 is 111 Å². The van der Waals surface area contributed by atoms with Gasteiger partial charge in [-0.1, -0.05) is 124 Å². The molecule has 6 aromatic rings. The van der Waals surface area contributed by atoms with Crippen molar-refractivity contribution in [3.63, 3.8) is 0 Å². The number of anilines is 2. The Balaban J connectivity index is 1.20. The number of aliphatic hydroxyl groups is 1. The van der Waals surface area contributed by atoms with Gasteiger partial charge >= 0.3 is 12.1 Å². The first kappa shape index (κ1) is 89.6. The van der Waals surface area contributed by atoms with Crippen molar-refractivity contribution in [3.8, 4) is 0 Å². The number of hydrogen-bond donors (Lipinski definition) is 16. The predicted octanol–water partition coefficient (Wildman–Crippen LogP) is 3.77. The van der Waals surface area contributed by atoms with E-state index in [-0.39, 0.29) is 69.9 Å². The van der Waals surface area contributed by atoms with Crippen LogP contribution in [0.15, 0.2) is 140 Å². The van der Waals surface area contributed by atoms with E-state index in [0.29, 0.717) is 83.1 Å². The quantitative estimate of drug-likeness (QED) is 0.0243. The Kier molecular flexibility index (Phi) is 35.5. The maximum absolute atomic E-state index is 15.4. The topological polar surface area (TPSA) is 453 Å². The molecule has 1 aliphatic rings. The summed E-state index contributed by atoms with van der Waals surface area (Å²) in [7, 11) is 0. The number of nitrogens with one attached hydrogen (secondary N) is 14. The molecule has 114 heavy (non-hydrogen) atoms. The smallest absolute Gasteiger partial charge is 0.319 e. The van der Waals surface area contributed by atoms with E-state index in [1.807, 2.05) is 70.2 Å². The van der Waals surface area contributed by atoms with Gasteiger partial charge in [0.2, 0.25) is 65.0 Å². The van der Waals surface area contributed by atoms with Crippen molar-refractivity contribution in [1.29, 1.82) is 0 Å². The summed E-state index contributed by atoms with van der Waals surface area (Å²) in [5.41, 5.74) is 8.70. The zero-order valence-electron chi connectivity index (χ0n) is 65.6. The fourth-order valence-electron chi connectivity index (χ4n) is 12.9. The minimum Gasteiger partial charge on any atom is -0.394 e. The minimum atomic E-state index is -1.87. The molecule has 15 amide bonds. The maximum Gasteiger partial charge on any atom is 0.319 e. The first-order valence-corrected chi connectivity index (χ1v) is 38.9. The second-order valence-corrected chi connectivity index (χ2v) is 29.4. The van der Waals surface area contributed by atoms with Gasteiger partial charge < -0.3 is 90.2 Å². The average Bonchev–Trinajstić information content (AvgIpc) is 1.57. The number of unbranched alkanes of at least 4 members (excludes halogenated alkanes) is 1. The Morgan fingerprint density at radius 1 is 0.509 bits per heavy atom. The molecule has 1 aromatic heterocycles. The van der Waals surface area contributed by atoms with Crippen molar-refractivity contribution < 1.29 is 67.4 Å². The van der Waals surface area contributed by atoms with E-state index < -0.39 is 144 Å². The third-order valence-corrected chi connectivity index (χ3v) is 19.1. The first-order valence-electron chi connectivity index (χ1n) is 38.5. The van der Waals surface area contributed by atoms with Crippen molar-refractivity contribution in [1.82, 2.24) is 73.7 Å². The molecule has 1 saturated heterocycles. The number of hydrogen-bond acceptors (Lipinski definition) is 16. The highest BCUT2D eigenvalue weighted by molar-refractivity contribution is 6.30. The van der Waals surface area contributed by atoms with Gasteiger partial charge in [-0.25, -0.2) is 9.59 Å². The molecule has 1 aliphatic heterocycles. The van der Waals surface area contributed by atoms with E-state index >= 15 is 9.59 Å². The number of benzene rings is 5. The Labute approximate surface area is 668 Å². The van der Waals surface area contributed by atoms with Crippen LogP contribution < -0.4 is 80.2 Å². The molecular weight excluding hydrogens is 1480 g/mol. The number of fused-ring (bicyclic) bond motifs is 1. The van der Waals surface area contributed by atoms with Gasteiger partial charge in [0.1, 0.15) is 60.4 Å². The highest BCUT2D eigenvalue weighted by atomic mass is 35.5. The van der Waals surface area contributed by atoms with Crippen molar-refractivity contribution in [2.24, 2.45) is 11.7 Å². The molecular formula is C82H108ClN17O14. The lowest BCUT2D eigenvalue weighted by Gasteiger charge is -2.31. The summed E-state index contributed by atoms with van der Waals surface area (Å²) in [6, 6.07) is 20.8. The summed E-state index contributed by atoms with van der Waals surface area (Å²) in [5, 5.41) is 51.9. The maximum atomic E-state index is 15.4. The van der Waals surface area contributed by atoms with Crippen LogP contribution in [0.2, 0.25) is 5.02 Å². The minimum absolute atomic E-state index is 0.0102. The van der Waals surface area contributed by atoms with Crippen LogP contribution in [0.5, 0.6) is 0 Å². The van der Waals surface area contributed by atoms with Crippen LogP contribution in [-0.4, -0.2) is 191 Å². The third-order valence-electron chi connectivity index (χ3n) is 18.8. The van der Waals surface area contributed by atoms with E-state index in [2.05, 4.69) is 79.4 Å². The number of aliphatic hydroxyl groups excluding tert-OH is 1. The zero-order chi connectivity index (χ0) is 83.0. The van der Waals surface area contributed by atoms with E-state index in [4.69, 9.17) is 17.3 Å². The lowest BCUT2D eigenvalue weighted by Crippen LogP contribution is -2.62. The van der Waals surface area contributed by atoms with Gasteiger partial charge in [-0.2, -0.15) is 0 Å². The normalized spacial score (nSPS) is 14.8. The Morgan fingerprint density at radius 3 is 1.43 bits per heavy atom. The van der Waals surface area contributed by atoms with Gasteiger partial charge in [-0.15, -0.1) is 0 Å². The number of nitrogens with zero attached hydrogens (tertiary/aromatic N) is 2. The lowest BCUT2D eigenvalue weighted by molar-refractivity contribution is -0.142. The van der Waals surface area contributed by atoms with E-state index in [0.717, 1.165) is 10.8 Å². The molecule has 17 N–H and O–H groups in total. The van der Waals surface area contributed by atoms with Crippen LogP contribution in [0.3, 0.4) is 0 Å². The molecule has 2 heterocycles. The number of urea groups is 2. The molecule has 0 unspecified atom stereocenters. The Hall–Kier alpha value is -11.6. The number of carbonyl (C=O) groups excluding carboxylic acids is 13. The van der Waals surface area contributed by atoms with Crippen LogP contribution in [0.25, 0.3) is 10.8 Å². The lowest BCUT2D eigenvalue weighted by atomic mass is 9.99. The molecule has 7 rings (SSSR count). The molecule has 31 nitrogen and oxygen atoms in total. The van der Waals surface area contributed by atoms with Crippen LogP contribution in [0.4, 0.5) is 21.0 Å². The number of rotatable bonds is 42. The number of nitrogens with two attached hydrogens (primary N) is 1.